The molecule has 0 saturated heterocycles. The van der Waals surface area contributed by atoms with Crippen LogP contribution in [0.25, 0.3) is 10.6 Å². The van der Waals surface area contributed by atoms with Crippen LogP contribution >= 0.6 is 11.3 Å². The fourth-order valence-electron chi connectivity index (χ4n) is 3.10. The molecule has 1 saturated carbocycles. The van der Waals surface area contributed by atoms with Gasteiger partial charge in [0.15, 0.2) is 0 Å². The first-order valence-corrected chi connectivity index (χ1v) is 8.82. The molecule has 0 radical (unpaired) electrons. The summed E-state index contributed by atoms with van der Waals surface area (Å²) in [6, 6.07) is 9.93. The highest BCUT2D eigenvalue weighted by atomic mass is 32.1. The number of nitrogens with zero attached hydrogens (tertiary/aromatic N) is 2. The highest BCUT2D eigenvalue weighted by Gasteiger charge is 2.37. The summed E-state index contributed by atoms with van der Waals surface area (Å²) in [4.78, 5) is 12.4. The van der Waals surface area contributed by atoms with E-state index >= 15 is 0 Å². The van der Waals surface area contributed by atoms with Gasteiger partial charge in [0.1, 0.15) is 10.0 Å². The monoisotopic (exact) mass is 330 g/mol. The Morgan fingerprint density at radius 3 is 2.87 bits per heavy atom. The van der Waals surface area contributed by atoms with Crippen molar-refractivity contribution < 1.29 is 4.79 Å². The number of carbonyl (C=O) groups is 1. The van der Waals surface area contributed by atoms with Crippen LogP contribution in [0.3, 0.4) is 0 Å². The first kappa shape index (κ1) is 16.1. The third kappa shape index (κ3) is 3.76. The van der Waals surface area contributed by atoms with Crippen molar-refractivity contribution in [3.8, 4) is 10.6 Å². The van der Waals surface area contributed by atoms with E-state index in [-0.39, 0.29) is 11.8 Å². The lowest BCUT2D eigenvalue weighted by atomic mass is 9.74. The highest BCUT2D eigenvalue weighted by Crippen LogP contribution is 2.31. The summed E-state index contributed by atoms with van der Waals surface area (Å²) in [7, 11) is 0. The highest BCUT2D eigenvalue weighted by molar-refractivity contribution is 7.14. The average molecular weight is 330 g/mol. The van der Waals surface area contributed by atoms with E-state index in [9.17, 15) is 4.79 Å². The maximum absolute atomic E-state index is 12.4. The van der Waals surface area contributed by atoms with Crippen LogP contribution in [0.2, 0.25) is 0 Å². The Labute approximate surface area is 140 Å². The van der Waals surface area contributed by atoms with E-state index in [4.69, 9.17) is 5.73 Å². The average Bonchev–Trinajstić information content (AvgIpc) is 3.02. The van der Waals surface area contributed by atoms with Crippen molar-refractivity contribution in [2.45, 2.75) is 44.7 Å². The number of hydrogen-bond acceptors (Lipinski definition) is 5. The second-order valence-corrected chi connectivity index (χ2v) is 7.45. The van der Waals surface area contributed by atoms with E-state index in [0.717, 1.165) is 41.3 Å². The van der Waals surface area contributed by atoms with Crippen LogP contribution in [-0.4, -0.2) is 21.6 Å². The molecule has 1 aromatic heterocycles. The molecule has 23 heavy (non-hydrogen) atoms. The number of hydrogen-bond donors (Lipinski definition) is 2. The van der Waals surface area contributed by atoms with Gasteiger partial charge >= 0.3 is 0 Å². The molecule has 2 atom stereocenters. The van der Waals surface area contributed by atoms with Crippen LogP contribution in [0.1, 0.15) is 37.6 Å². The van der Waals surface area contributed by atoms with E-state index in [1.807, 2.05) is 37.3 Å². The summed E-state index contributed by atoms with van der Waals surface area (Å²) in [5.74, 6) is -0.0797. The van der Waals surface area contributed by atoms with Gasteiger partial charge in [-0.3, -0.25) is 4.79 Å². The summed E-state index contributed by atoms with van der Waals surface area (Å²) in [5, 5.41) is 13.0. The molecule has 0 spiro atoms. The van der Waals surface area contributed by atoms with Crippen LogP contribution < -0.4 is 11.1 Å². The van der Waals surface area contributed by atoms with Crippen molar-refractivity contribution in [2.75, 3.05) is 0 Å². The zero-order valence-corrected chi connectivity index (χ0v) is 14.1. The predicted octanol–water partition coefficient (Wildman–Crippen LogP) is 2.73. The molecule has 1 heterocycles. The van der Waals surface area contributed by atoms with E-state index in [0.29, 0.717) is 6.54 Å². The van der Waals surface area contributed by atoms with Crippen molar-refractivity contribution in [3.05, 3.63) is 35.3 Å². The number of benzene rings is 1. The molecular formula is C17H22N4OS. The predicted molar refractivity (Wildman–Crippen MR) is 91.7 cm³/mol. The topological polar surface area (TPSA) is 80.9 Å². The Morgan fingerprint density at radius 2 is 2.13 bits per heavy atom. The minimum absolute atomic E-state index is 0.0335. The number of nitrogens with two attached hydrogens (primary N) is 1. The Hall–Kier alpha value is -1.79. The largest absolute Gasteiger partial charge is 0.349 e. The number of nitrogens with one attached hydrogen (secondary N) is 1. The van der Waals surface area contributed by atoms with Gasteiger partial charge in [-0.1, -0.05) is 54.5 Å². The van der Waals surface area contributed by atoms with E-state index in [2.05, 4.69) is 15.5 Å². The van der Waals surface area contributed by atoms with Gasteiger partial charge < -0.3 is 11.1 Å². The Balaban J connectivity index is 1.60. The van der Waals surface area contributed by atoms with Gasteiger partial charge in [0, 0.05) is 11.1 Å². The standard InChI is InChI=1S/C17H22N4OS/c1-17(18)10-6-5-9-13(17)15(22)19-11-14-20-21-16(23-14)12-7-3-2-4-8-12/h2-4,7-8,13H,5-6,9-11,18H2,1H3,(H,19,22). The van der Waals surface area contributed by atoms with Crippen LogP contribution in [-0.2, 0) is 11.3 Å². The molecule has 3 rings (SSSR count). The van der Waals surface area contributed by atoms with Crippen molar-refractivity contribution in [1.82, 2.24) is 15.5 Å². The molecule has 1 aliphatic carbocycles. The lowest BCUT2D eigenvalue weighted by Crippen LogP contribution is -2.52. The zero-order chi connectivity index (χ0) is 16.3. The fraction of sp³-hybridized carbons (Fsp3) is 0.471. The summed E-state index contributed by atoms with van der Waals surface area (Å²) in [5.41, 5.74) is 6.93. The molecule has 2 unspecified atom stereocenters. The third-order valence-corrected chi connectivity index (χ3v) is 5.44. The normalized spacial score (nSPS) is 24.3. The summed E-state index contributed by atoms with van der Waals surface area (Å²) in [6.07, 6.45) is 3.95. The Kier molecular flexibility index (Phi) is 4.73. The second-order valence-electron chi connectivity index (χ2n) is 6.39. The van der Waals surface area contributed by atoms with Gasteiger partial charge in [0.2, 0.25) is 5.91 Å². The molecule has 1 aromatic carbocycles. The SMILES string of the molecule is CC1(N)CCCCC1C(=O)NCc1nnc(-c2ccccc2)s1. The molecule has 122 valence electrons. The van der Waals surface area contributed by atoms with Crippen LogP contribution in [0.15, 0.2) is 30.3 Å². The summed E-state index contributed by atoms with van der Waals surface area (Å²) >= 11 is 1.51. The zero-order valence-electron chi connectivity index (χ0n) is 13.3. The van der Waals surface area contributed by atoms with Gasteiger partial charge in [-0.05, 0) is 19.8 Å². The van der Waals surface area contributed by atoms with Gasteiger partial charge in [-0.25, -0.2) is 0 Å². The van der Waals surface area contributed by atoms with Gasteiger partial charge in [0.05, 0.1) is 12.5 Å². The molecule has 3 N–H and O–H groups in total. The number of aromatic nitrogens is 2. The molecule has 0 bridgehead atoms. The van der Waals surface area contributed by atoms with Crippen LogP contribution in [0, 0.1) is 5.92 Å². The fourth-order valence-corrected chi connectivity index (χ4v) is 3.88. The molecule has 1 amide bonds. The van der Waals surface area contributed by atoms with Gasteiger partial charge in [-0.15, -0.1) is 10.2 Å². The van der Waals surface area contributed by atoms with Crippen LogP contribution in [0.4, 0.5) is 0 Å². The number of rotatable bonds is 4. The maximum atomic E-state index is 12.4. The molecule has 6 heteroatoms. The minimum Gasteiger partial charge on any atom is -0.349 e. The molecule has 5 nitrogen and oxygen atoms in total. The molecule has 1 fully saturated rings. The Morgan fingerprint density at radius 1 is 1.35 bits per heavy atom. The van der Waals surface area contributed by atoms with Crippen LogP contribution in [0.5, 0.6) is 0 Å². The smallest absolute Gasteiger partial charge is 0.225 e. The number of carbonyl (C=O) groups excluding carboxylic acids is 1. The summed E-state index contributed by atoms with van der Waals surface area (Å²) in [6.45, 7) is 2.39. The minimum atomic E-state index is -0.404. The Bertz CT molecular complexity index is 668. The molecule has 1 aliphatic rings. The molecule has 0 aliphatic heterocycles. The lowest BCUT2D eigenvalue weighted by Gasteiger charge is -2.37. The van der Waals surface area contributed by atoms with E-state index in [1.165, 1.54) is 11.3 Å². The molecule has 2 aromatic rings. The lowest BCUT2D eigenvalue weighted by molar-refractivity contribution is -0.128. The van der Waals surface area contributed by atoms with Gasteiger partial charge in [-0.2, -0.15) is 0 Å². The van der Waals surface area contributed by atoms with E-state index in [1.54, 1.807) is 0 Å². The van der Waals surface area contributed by atoms with E-state index < -0.39 is 5.54 Å². The quantitative estimate of drug-likeness (QED) is 0.903. The first-order chi connectivity index (χ1) is 11.1. The second kappa shape index (κ2) is 6.76. The van der Waals surface area contributed by atoms with Crippen molar-refractivity contribution in [3.63, 3.8) is 0 Å². The molecular weight excluding hydrogens is 308 g/mol. The van der Waals surface area contributed by atoms with Crippen molar-refractivity contribution in [1.29, 1.82) is 0 Å². The summed E-state index contributed by atoms with van der Waals surface area (Å²) < 4.78 is 0. The van der Waals surface area contributed by atoms with Crippen molar-refractivity contribution >= 4 is 17.2 Å². The third-order valence-electron chi connectivity index (χ3n) is 4.47. The first-order valence-electron chi connectivity index (χ1n) is 8.01. The number of amides is 1. The van der Waals surface area contributed by atoms with Gasteiger partial charge in [0.25, 0.3) is 0 Å². The maximum Gasteiger partial charge on any atom is 0.225 e. The van der Waals surface area contributed by atoms with Crippen molar-refractivity contribution in [2.24, 2.45) is 11.7 Å².